The summed E-state index contributed by atoms with van der Waals surface area (Å²) in [7, 11) is 2.27. The van der Waals surface area contributed by atoms with Crippen LogP contribution in [0.3, 0.4) is 0 Å². The van der Waals surface area contributed by atoms with Gasteiger partial charge in [-0.25, -0.2) is 0 Å². The van der Waals surface area contributed by atoms with Crippen LogP contribution in [0.4, 0.5) is 0 Å². The van der Waals surface area contributed by atoms with E-state index in [4.69, 9.17) is 0 Å². The SMILES string of the molecule is CCC(CN1CCC(C(C)C)CC1)CN(C)C(C)(C)C. The summed E-state index contributed by atoms with van der Waals surface area (Å²) in [5, 5.41) is 0. The zero-order valence-electron chi connectivity index (χ0n) is 15.1. The standard InChI is InChI=1S/C18H38N2/c1-8-16(13-19(7)18(4,5)6)14-20-11-9-17(10-12-20)15(2)3/h15-17H,8-14H2,1-7H3. The number of hydrogen-bond acceptors (Lipinski definition) is 2. The Balaban J connectivity index is 2.38. The fraction of sp³-hybridized carbons (Fsp3) is 1.00. The summed E-state index contributed by atoms with van der Waals surface area (Å²) in [5.74, 6) is 2.64. The molecule has 2 heteroatoms. The molecule has 0 spiro atoms. The molecule has 0 aliphatic carbocycles. The van der Waals surface area contributed by atoms with Crippen LogP contribution in [0.15, 0.2) is 0 Å². The fourth-order valence-corrected chi connectivity index (χ4v) is 3.14. The molecule has 0 amide bonds. The normalized spacial score (nSPS) is 20.9. The van der Waals surface area contributed by atoms with Crippen molar-refractivity contribution in [3.8, 4) is 0 Å². The van der Waals surface area contributed by atoms with Crippen molar-refractivity contribution in [2.24, 2.45) is 17.8 Å². The molecule has 0 aromatic rings. The monoisotopic (exact) mass is 282 g/mol. The smallest absolute Gasteiger partial charge is 0.0122 e. The second-order valence-corrected chi connectivity index (χ2v) is 8.21. The van der Waals surface area contributed by atoms with Crippen LogP contribution in [0.2, 0.25) is 0 Å². The molecule has 1 atom stereocenters. The van der Waals surface area contributed by atoms with Crippen molar-refractivity contribution < 1.29 is 0 Å². The maximum absolute atomic E-state index is 2.71. The third-order valence-corrected chi connectivity index (χ3v) is 5.35. The third-order valence-electron chi connectivity index (χ3n) is 5.35. The van der Waals surface area contributed by atoms with Crippen molar-refractivity contribution in [2.75, 3.05) is 33.2 Å². The number of nitrogens with zero attached hydrogens (tertiary/aromatic N) is 2. The second-order valence-electron chi connectivity index (χ2n) is 8.21. The first kappa shape index (κ1) is 18.0. The van der Waals surface area contributed by atoms with Gasteiger partial charge in [0.05, 0.1) is 0 Å². The number of rotatable bonds is 6. The van der Waals surface area contributed by atoms with E-state index in [-0.39, 0.29) is 5.54 Å². The predicted molar refractivity (Wildman–Crippen MR) is 90.2 cm³/mol. The van der Waals surface area contributed by atoms with Crippen molar-refractivity contribution >= 4 is 0 Å². The zero-order valence-corrected chi connectivity index (χ0v) is 15.1. The number of piperidine rings is 1. The summed E-state index contributed by atoms with van der Waals surface area (Å²) in [6.45, 7) is 19.2. The van der Waals surface area contributed by atoms with E-state index in [9.17, 15) is 0 Å². The molecule has 0 saturated carbocycles. The molecular formula is C18H38N2. The van der Waals surface area contributed by atoms with E-state index in [0.717, 1.165) is 17.8 Å². The van der Waals surface area contributed by atoms with Crippen molar-refractivity contribution in [3.05, 3.63) is 0 Å². The lowest BCUT2D eigenvalue weighted by molar-refractivity contribution is 0.101. The minimum atomic E-state index is 0.290. The molecule has 1 rings (SSSR count). The highest BCUT2D eigenvalue weighted by atomic mass is 15.2. The number of hydrogen-bond donors (Lipinski definition) is 0. The van der Waals surface area contributed by atoms with Gasteiger partial charge >= 0.3 is 0 Å². The van der Waals surface area contributed by atoms with Gasteiger partial charge in [0.15, 0.2) is 0 Å². The Bertz CT molecular complexity index is 259. The van der Waals surface area contributed by atoms with Gasteiger partial charge < -0.3 is 9.80 Å². The highest BCUT2D eigenvalue weighted by molar-refractivity contribution is 4.79. The van der Waals surface area contributed by atoms with Gasteiger partial charge in [-0.3, -0.25) is 0 Å². The van der Waals surface area contributed by atoms with E-state index in [2.05, 4.69) is 58.4 Å². The van der Waals surface area contributed by atoms with Crippen LogP contribution < -0.4 is 0 Å². The van der Waals surface area contributed by atoms with Crippen molar-refractivity contribution in [2.45, 2.75) is 66.3 Å². The first-order chi connectivity index (χ1) is 9.24. The molecule has 1 heterocycles. The van der Waals surface area contributed by atoms with Gasteiger partial charge in [0, 0.05) is 18.6 Å². The maximum atomic E-state index is 2.71. The van der Waals surface area contributed by atoms with Gasteiger partial charge in [-0.15, -0.1) is 0 Å². The molecule has 0 radical (unpaired) electrons. The molecule has 1 fully saturated rings. The van der Waals surface area contributed by atoms with Crippen molar-refractivity contribution in [3.63, 3.8) is 0 Å². The fourth-order valence-electron chi connectivity index (χ4n) is 3.14. The lowest BCUT2D eigenvalue weighted by Gasteiger charge is -2.38. The Morgan fingerprint density at radius 1 is 1.15 bits per heavy atom. The summed E-state index contributed by atoms with van der Waals surface area (Å²) in [5.41, 5.74) is 0.290. The summed E-state index contributed by atoms with van der Waals surface area (Å²) < 4.78 is 0. The van der Waals surface area contributed by atoms with E-state index in [1.807, 2.05) is 0 Å². The molecule has 1 saturated heterocycles. The molecule has 1 unspecified atom stereocenters. The van der Waals surface area contributed by atoms with Crippen LogP contribution in [-0.4, -0.2) is 48.6 Å². The summed E-state index contributed by atoms with van der Waals surface area (Å²) in [6, 6.07) is 0. The zero-order chi connectivity index (χ0) is 15.3. The first-order valence-electron chi connectivity index (χ1n) is 8.67. The van der Waals surface area contributed by atoms with E-state index in [1.165, 1.54) is 45.4 Å². The van der Waals surface area contributed by atoms with E-state index < -0.39 is 0 Å². The van der Waals surface area contributed by atoms with Crippen LogP contribution >= 0.6 is 0 Å². The summed E-state index contributed by atoms with van der Waals surface area (Å²) >= 11 is 0. The number of likely N-dealkylation sites (tertiary alicyclic amines) is 1. The Morgan fingerprint density at radius 3 is 2.10 bits per heavy atom. The van der Waals surface area contributed by atoms with Crippen molar-refractivity contribution in [1.29, 1.82) is 0 Å². The third kappa shape index (κ3) is 5.73. The van der Waals surface area contributed by atoms with E-state index in [1.54, 1.807) is 0 Å². The first-order valence-corrected chi connectivity index (χ1v) is 8.67. The minimum absolute atomic E-state index is 0.290. The van der Waals surface area contributed by atoms with E-state index >= 15 is 0 Å². The maximum Gasteiger partial charge on any atom is 0.0122 e. The molecule has 1 aliphatic rings. The average Bonchev–Trinajstić information content (AvgIpc) is 2.37. The van der Waals surface area contributed by atoms with Crippen LogP contribution in [0.1, 0.15) is 60.8 Å². The highest BCUT2D eigenvalue weighted by Crippen LogP contribution is 2.25. The van der Waals surface area contributed by atoms with Gasteiger partial charge in [0.2, 0.25) is 0 Å². The molecule has 1 aliphatic heterocycles. The lowest BCUT2D eigenvalue weighted by atomic mass is 9.86. The van der Waals surface area contributed by atoms with Crippen LogP contribution in [-0.2, 0) is 0 Å². The lowest BCUT2D eigenvalue weighted by Crippen LogP contribution is -2.45. The average molecular weight is 283 g/mol. The molecule has 120 valence electrons. The highest BCUT2D eigenvalue weighted by Gasteiger charge is 2.25. The van der Waals surface area contributed by atoms with Gasteiger partial charge in [-0.05, 0) is 71.5 Å². The van der Waals surface area contributed by atoms with Gasteiger partial charge in [0.1, 0.15) is 0 Å². The molecule has 0 bridgehead atoms. The van der Waals surface area contributed by atoms with Gasteiger partial charge in [-0.2, -0.15) is 0 Å². The quantitative estimate of drug-likeness (QED) is 0.723. The molecule has 0 aromatic carbocycles. The largest absolute Gasteiger partial charge is 0.303 e. The van der Waals surface area contributed by atoms with Crippen molar-refractivity contribution in [1.82, 2.24) is 9.80 Å². The molecule has 20 heavy (non-hydrogen) atoms. The molecule has 0 aromatic heterocycles. The topological polar surface area (TPSA) is 6.48 Å². The van der Waals surface area contributed by atoms with E-state index in [0.29, 0.717) is 0 Å². The van der Waals surface area contributed by atoms with Gasteiger partial charge in [0.25, 0.3) is 0 Å². The predicted octanol–water partition coefficient (Wildman–Crippen LogP) is 4.11. The molecule has 2 nitrogen and oxygen atoms in total. The minimum Gasteiger partial charge on any atom is -0.303 e. The summed E-state index contributed by atoms with van der Waals surface area (Å²) in [6.07, 6.45) is 4.11. The van der Waals surface area contributed by atoms with Crippen LogP contribution in [0, 0.1) is 17.8 Å². The molecular weight excluding hydrogens is 244 g/mol. The Labute approximate surface area is 127 Å². The summed E-state index contributed by atoms with van der Waals surface area (Å²) in [4.78, 5) is 5.23. The van der Waals surface area contributed by atoms with Crippen LogP contribution in [0.5, 0.6) is 0 Å². The second kappa shape index (κ2) is 7.79. The Hall–Kier alpha value is -0.0800. The van der Waals surface area contributed by atoms with Crippen LogP contribution in [0.25, 0.3) is 0 Å². The Morgan fingerprint density at radius 2 is 1.70 bits per heavy atom. The van der Waals surface area contributed by atoms with Gasteiger partial charge in [-0.1, -0.05) is 27.2 Å². The molecule has 0 N–H and O–H groups in total. The Kier molecular flexibility index (Phi) is 7.00.